The third-order valence-electron chi connectivity index (χ3n) is 9.94. The van der Waals surface area contributed by atoms with Crippen LogP contribution in [0.3, 0.4) is 0 Å². The molecule has 248 valence electrons. The molecule has 10 rings (SSSR count). The Kier molecular flexibility index (Phi) is 7.43. The average molecular weight is 678 g/mol. The Balaban J connectivity index is 1.13. The maximum Gasteiger partial charge on any atom is 0.164 e. The van der Waals surface area contributed by atoms with Gasteiger partial charge in [0.1, 0.15) is 11.2 Å². The normalized spacial score (nSPS) is 11.4. The average Bonchev–Trinajstić information content (AvgIpc) is 3.62. The molecule has 8 aromatic carbocycles. The molecule has 0 aliphatic carbocycles. The van der Waals surface area contributed by atoms with Crippen LogP contribution in [0.2, 0.25) is 0 Å². The molecule has 4 heteroatoms. The zero-order valence-electron chi connectivity index (χ0n) is 28.6. The Hall–Kier alpha value is -7.17. The zero-order valence-corrected chi connectivity index (χ0v) is 28.6. The van der Waals surface area contributed by atoms with Crippen LogP contribution < -0.4 is 0 Å². The summed E-state index contributed by atoms with van der Waals surface area (Å²) >= 11 is 0. The molecule has 0 radical (unpaired) electrons. The lowest BCUT2D eigenvalue weighted by molar-refractivity contribution is 0.673. The molecule has 0 fully saturated rings. The van der Waals surface area contributed by atoms with E-state index < -0.39 is 0 Å². The van der Waals surface area contributed by atoms with E-state index in [-0.39, 0.29) is 0 Å². The van der Waals surface area contributed by atoms with E-state index in [9.17, 15) is 0 Å². The van der Waals surface area contributed by atoms with E-state index in [2.05, 4.69) is 176 Å². The van der Waals surface area contributed by atoms with Crippen molar-refractivity contribution in [1.29, 1.82) is 0 Å². The van der Waals surface area contributed by atoms with E-state index in [0.29, 0.717) is 17.5 Å². The minimum absolute atomic E-state index is 0.583. The minimum atomic E-state index is 0.583. The van der Waals surface area contributed by atoms with Crippen molar-refractivity contribution < 1.29 is 4.42 Å². The molecular formula is C49H31N3O. The molecule has 0 saturated carbocycles. The fourth-order valence-corrected chi connectivity index (χ4v) is 7.27. The van der Waals surface area contributed by atoms with Crippen LogP contribution in [0.25, 0.3) is 100 Å². The van der Waals surface area contributed by atoms with Crippen LogP contribution in [0.1, 0.15) is 0 Å². The monoisotopic (exact) mass is 677 g/mol. The van der Waals surface area contributed by atoms with Gasteiger partial charge in [-0.2, -0.15) is 0 Å². The molecule has 0 aliphatic heterocycles. The molecular weight excluding hydrogens is 647 g/mol. The first kappa shape index (κ1) is 30.6. The molecule has 0 saturated heterocycles. The Morgan fingerprint density at radius 1 is 0.283 bits per heavy atom. The number of nitrogens with zero attached hydrogens (tertiary/aromatic N) is 3. The standard InChI is InChI=1S/C49H31N3O/c1-4-13-32(14-5-1)34-23-25-36(26-24-34)47-50-48(38-20-12-19-37(29-38)33-15-6-2-7-16-33)52-49(51-47)39-27-28-41-44-31-43(35-17-8-3-9-18-35)40-21-10-11-22-42(40)46(44)53-45(41)30-39/h1-31H. The van der Waals surface area contributed by atoms with E-state index in [1.807, 2.05) is 12.1 Å². The topological polar surface area (TPSA) is 51.8 Å². The zero-order chi connectivity index (χ0) is 35.1. The van der Waals surface area contributed by atoms with Gasteiger partial charge in [-0.3, -0.25) is 0 Å². The number of hydrogen-bond donors (Lipinski definition) is 0. The summed E-state index contributed by atoms with van der Waals surface area (Å²) in [4.78, 5) is 15.2. The van der Waals surface area contributed by atoms with Gasteiger partial charge in [-0.1, -0.05) is 164 Å². The van der Waals surface area contributed by atoms with Crippen LogP contribution in [0.5, 0.6) is 0 Å². The molecule has 10 aromatic rings. The summed E-state index contributed by atoms with van der Waals surface area (Å²) in [5.74, 6) is 1.80. The molecule has 4 nitrogen and oxygen atoms in total. The second kappa shape index (κ2) is 12.9. The summed E-state index contributed by atoms with van der Waals surface area (Å²) in [7, 11) is 0. The van der Waals surface area contributed by atoms with Crippen molar-refractivity contribution in [1.82, 2.24) is 15.0 Å². The summed E-state index contributed by atoms with van der Waals surface area (Å²) in [6.07, 6.45) is 0. The van der Waals surface area contributed by atoms with Crippen molar-refractivity contribution in [2.24, 2.45) is 0 Å². The predicted octanol–water partition coefficient (Wildman–Crippen LogP) is 12.9. The molecule has 0 bridgehead atoms. The number of hydrogen-bond acceptors (Lipinski definition) is 4. The van der Waals surface area contributed by atoms with Crippen LogP contribution in [-0.2, 0) is 0 Å². The molecule has 0 N–H and O–H groups in total. The van der Waals surface area contributed by atoms with Gasteiger partial charge >= 0.3 is 0 Å². The van der Waals surface area contributed by atoms with Crippen LogP contribution in [0.4, 0.5) is 0 Å². The fraction of sp³-hybridized carbons (Fsp3) is 0. The van der Waals surface area contributed by atoms with Crippen molar-refractivity contribution in [3.63, 3.8) is 0 Å². The summed E-state index contributed by atoms with van der Waals surface area (Å²) in [6.45, 7) is 0. The maximum absolute atomic E-state index is 6.70. The second-order valence-corrected chi connectivity index (χ2v) is 13.2. The van der Waals surface area contributed by atoms with Crippen LogP contribution in [0, 0.1) is 0 Å². The van der Waals surface area contributed by atoms with E-state index >= 15 is 0 Å². The van der Waals surface area contributed by atoms with Crippen molar-refractivity contribution in [2.75, 3.05) is 0 Å². The summed E-state index contributed by atoms with van der Waals surface area (Å²) in [5, 5.41) is 4.38. The molecule has 0 amide bonds. The van der Waals surface area contributed by atoms with Gasteiger partial charge in [0.05, 0.1) is 0 Å². The van der Waals surface area contributed by atoms with E-state index in [0.717, 1.165) is 71.7 Å². The quantitative estimate of drug-likeness (QED) is 0.176. The lowest BCUT2D eigenvalue weighted by atomic mass is 9.95. The Bertz CT molecular complexity index is 2920. The first-order valence-electron chi connectivity index (χ1n) is 17.8. The molecule has 53 heavy (non-hydrogen) atoms. The highest BCUT2D eigenvalue weighted by Gasteiger charge is 2.18. The van der Waals surface area contributed by atoms with Crippen molar-refractivity contribution >= 4 is 32.7 Å². The van der Waals surface area contributed by atoms with Crippen molar-refractivity contribution in [3.05, 3.63) is 188 Å². The maximum atomic E-state index is 6.70. The first-order valence-corrected chi connectivity index (χ1v) is 17.8. The SMILES string of the molecule is c1ccc(-c2ccc(-c3nc(-c4cccc(-c5ccccc5)c4)nc(-c4ccc5c(c4)oc4c6ccccc6c(-c6ccccc6)cc54)n3)cc2)cc1. The number of benzene rings is 8. The number of aromatic nitrogens is 3. The Labute approximate surface area is 306 Å². The highest BCUT2D eigenvalue weighted by molar-refractivity contribution is 6.19. The minimum Gasteiger partial charge on any atom is -0.455 e. The van der Waals surface area contributed by atoms with Gasteiger partial charge in [-0.15, -0.1) is 0 Å². The van der Waals surface area contributed by atoms with Gasteiger partial charge in [0.15, 0.2) is 17.5 Å². The second-order valence-electron chi connectivity index (χ2n) is 13.2. The van der Waals surface area contributed by atoms with Crippen LogP contribution in [0.15, 0.2) is 192 Å². The summed E-state index contributed by atoms with van der Waals surface area (Å²) in [6, 6.07) is 65.1. The van der Waals surface area contributed by atoms with Gasteiger partial charge in [0, 0.05) is 32.8 Å². The van der Waals surface area contributed by atoms with Crippen molar-refractivity contribution in [3.8, 4) is 67.5 Å². The predicted molar refractivity (Wildman–Crippen MR) is 217 cm³/mol. The molecule has 2 aromatic heterocycles. The number of fused-ring (bicyclic) bond motifs is 5. The highest BCUT2D eigenvalue weighted by Crippen LogP contribution is 2.41. The smallest absolute Gasteiger partial charge is 0.164 e. The van der Waals surface area contributed by atoms with Crippen LogP contribution >= 0.6 is 0 Å². The largest absolute Gasteiger partial charge is 0.455 e. The molecule has 0 aliphatic rings. The van der Waals surface area contributed by atoms with Gasteiger partial charge in [-0.25, -0.2) is 15.0 Å². The summed E-state index contributed by atoms with van der Waals surface area (Å²) < 4.78 is 6.70. The lowest BCUT2D eigenvalue weighted by Crippen LogP contribution is -2.00. The molecule has 2 heterocycles. The lowest BCUT2D eigenvalue weighted by Gasteiger charge is -2.10. The fourth-order valence-electron chi connectivity index (χ4n) is 7.27. The van der Waals surface area contributed by atoms with Gasteiger partial charge in [0.25, 0.3) is 0 Å². The Morgan fingerprint density at radius 2 is 0.755 bits per heavy atom. The third-order valence-corrected chi connectivity index (χ3v) is 9.94. The van der Waals surface area contributed by atoms with E-state index in [1.54, 1.807) is 0 Å². The van der Waals surface area contributed by atoms with Gasteiger partial charge < -0.3 is 4.42 Å². The number of rotatable bonds is 6. The molecule has 0 atom stereocenters. The highest BCUT2D eigenvalue weighted by atomic mass is 16.3. The van der Waals surface area contributed by atoms with Crippen LogP contribution in [-0.4, -0.2) is 15.0 Å². The third kappa shape index (κ3) is 5.63. The van der Waals surface area contributed by atoms with Crippen molar-refractivity contribution in [2.45, 2.75) is 0 Å². The van der Waals surface area contributed by atoms with Gasteiger partial charge in [-0.05, 0) is 63.0 Å². The molecule has 0 unspecified atom stereocenters. The first-order chi connectivity index (χ1) is 26.2. The van der Waals surface area contributed by atoms with E-state index in [1.165, 1.54) is 11.1 Å². The summed E-state index contributed by atoms with van der Waals surface area (Å²) in [5.41, 5.74) is 11.3. The Morgan fingerprint density at radius 3 is 1.43 bits per heavy atom. The van der Waals surface area contributed by atoms with E-state index in [4.69, 9.17) is 19.4 Å². The molecule has 0 spiro atoms. The number of furan rings is 1. The van der Waals surface area contributed by atoms with Gasteiger partial charge in [0.2, 0.25) is 0 Å².